The van der Waals surface area contributed by atoms with Gasteiger partial charge in [0.05, 0.1) is 21.9 Å². The molecule has 0 bridgehead atoms. The molecule has 0 spiro atoms. The number of halogens is 2. The molecule has 0 saturated heterocycles. The first kappa shape index (κ1) is 15.2. The van der Waals surface area contributed by atoms with E-state index in [-0.39, 0.29) is 17.9 Å². The number of pyridine rings is 1. The van der Waals surface area contributed by atoms with Crippen LogP contribution in [0.3, 0.4) is 0 Å². The van der Waals surface area contributed by atoms with Crippen LogP contribution in [0.1, 0.15) is 5.56 Å². The molecule has 0 atom stereocenters. The van der Waals surface area contributed by atoms with Crippen molar-refractivity contribution >= 4 is 38.6 Å². The lowest BCUT2D eigenvalue weighted by Crippen LogP contribution is -2.21. The van der Waals surface area contributed by atoms with Crippen molar-refractivity contribution < 1.29 is 4.39 Å². The van der Waals surface area contributed by atoms with Gasteiger partial charge in [0.15, 0.2) is 5.16 Å². The summed E-state index contributed by atoms with van der Waals surface area (Å²) < 4.78 is 15.9. The molecule has 0 radical (unpaired) electrons. The molecule has 0 aliphatic heterocycles. The fourth-order valence-electron chi connectivity index (χ4n) is 2.14. The minimum absolute atomic E-state index is 0.157. The maximum absolute atomic E-state index is 13.8. The third-order valence-corrected chi connectivity index (χ3v) is 4.38. The van der Waals surface area contributed by atoms with Crippen LogP contribution in [0.5, 0.6) is 0 Å². The molecule has 112 valence electrons. The predicted octanol–water partition coefficient (Wildman–Crippen LogP) is 3.46. The number of thioether (sulfide) groups is 1. The fraction of sp³-hybridized carbons (Fsp3) is 0.133. The highest BCUT2D eigenvalue weighted by atomic mass is 79.9. The standard InChI is InChI=1S/C15H11BrFN3OS/c1-22-15-18-6-10-13(19-15)11(16)8-20(14(10)21)7-9-4-2-3-5-12(9)17/h2-6,8H,7H2,1H3. The van der Waals surface area contributed by atoms with E-state index >= 15 is 0 Å². The van der Waals surface area contributed by atoms with Crippen molar-refractivity contribution in [1.82, 2.24) is 14.5 Å². The summed E-state index contributed by atoms with van der Waals surface area (Å²) in [5, 5.41) is 1.00. The van der Waals surface area contributed by atoms with Crippen LogP contribution in [-0.2, 0) is 6.54 Å². The second kappa shape index (κ2) is 6.18. The zero-order valence-corrected chi connectivity index (χ0v) is 14.0. The topological polar surface area (TPSA) is 47.8 Å². The molecule has 3 aromatic rings. The molecule has 2 aromatic heterocycles. The van der Waals surface area contributed by atoms with Crippen molar-refractivity contribution in [3.05, 3.63) is 62.9 Å². The Labute approximate surface area is 138 Å². The number of rotatable bonds is 3. The highest BCUT2D eigenvalue weighted by Crippen LogP contribution is 2.21. The van der Waals surface area contributed by atoms with Crippen LogP contribution in [0.15, 0.2) is 51.1 Å². The van der Waals surface area contributed by atoms with Crippen LogP contribution in [0.2, 0.25) is 0 Å². The van der Waals surface area contributed by atoms with Gasteiger partial charge < -0.3 is 4.57 Å². The molecule has 0 N–H and O–H groups in total. The van der Waals surface area contributed by atoms with Gasteiger partial charge in [-0.1, -0.05) is 30.0 Å². The molecular formula is C15H11BrFN3OS. The predicted molar refractivity (Wildman–Crippen MR) is 88.8 cm³/mol. The van der Waals surface area contributed by atoms with E-state index in [1.807, 2.05) is 6.26 Å². The molecule has 22 heavy (non-hydrogen) atoms. The molecule has 4 nitrogen and oxygen atoms in total. The van der Waals surface area contributed by atoms with Crippen molar-refractivity contribution in [2.24, 2.45) is 0 Å². The van der Waals surface area contributed by atoms with Crippen LogP contribution in [0.4, 0.5) is 4.39 Å². The minimum atomic E-state index is -0.334. The van der Waals surface area contributed by atoms with Crippen molar-refractivity contribution in [3.63, 3.8) is 0 Å². The Morgan fingerprint density at radius 3 is 2.86 bits per heavy atom. The minimum Gasteiger partial charge on any atom is -0.309 e. The summed E-state index contributed by atoms with van der Waals surface area (Å²) in [5.74, 6) is -0.334. The van der Waals surface area contributed by atoms with E-state index in [9.17, 15) is 9.18 Å². The van der Waals surface area contributed by atoms with E-state index in [2.05, 4.69) is 25.9 Å². The summed E-state index contributed by atoms with van der Waals surface area (Å²) in [7, 11) is 0. The number of nitrogens with zero attached hydrogens (tertiary/aromatic N) is 3. The molecule has 0 aliphatic rings. The molecule has 0 unspecified atom stereocenters. The van der Waals surface area contributed by atoms with Crippen molar-refractivity contribution in [3.8, 4) is 0 Å². The zero-order valence-electron chi connectivity index (χ0n) is 11.6. The Morgan fingerprint density at radius 2 is 2.14 bits per heavy atom. The van der Waals surface area contributed by atoms with Gasteiger partial charge >= 0.3 is 0 Å². The summed E-state index contributed by atoms with van der Waals surface area (Å²) in [5.41, 5.74) is 0.778. The normalized spacial score (nSPS) is 11.0. The molecule has 0 aliphatic carbocycles. The lowest BCUT2D eigenvalue weighted by Gasteiger charge is -2.10. The zero-order chi connectivity index (χ0) is 15.7. The second-order valence-corrected chi connectivity index (χ2v) is 6.25. The van der Waals surface area contributed by atoms with Crippen molar-refractivity contribution in [1.29, 1.82) is 0 Å². The second-order valence-electron chi connectivity index (χ2n) is 4.62. The summed E-state index contributed by atoms with van der Waals surface area (Å²) in [6, 6.07) is 6.40. The first-order chi connectivity index (χ1) is 10.6. The SMILES string of the molecule is CSc1ncc2c(=O)n(Cc3ccccc3F)cc(Br)c2n1. The molecule has 0 saturated carbocycles. The van der Waals surface area contributed by atoms with E-state index in [0.717, 1.165) is 0 Å². The van der Waals surface area contributed by atoms with Gasteiger partial charge in [-0.2, -0.15) is 0 Å². The average molecular weight is 380 g/mol. The van der Waals surface area contributed by atoms with E-state index < -0.39 is 0 Å². The van der Waals surface area contributed by atoms with Gasteiger partial charge in [0, 0.05) is 18.0 Å². The summed E-state index contributed by atoms with van der Waals surface area (Å²) in [4.78, 5) is 21.0. The summed E-state index contributed by atoms with van der Waals surface area (Å²) in [6.07, 6.45) is 5.02. The Morgan fingerprint density at radius 1 is 1.36 bits per heavy atom. The van der Waals surface area contributed by atoms with Crippen molar-refractivity contribution in [2.45, 2.75) is 11.7 Å². The maximum Gasteiger partial charge on any atom is 0.261 e. The molecule has 2 heterocycles. The van der Waals surface area contributed by atoms with Gasteiger partial charge in [-0.3, -0.25) is 4.79 Å². The first-order valence-electron chi connectivity index (χ1n) is 6.43. The number of hydrogen-bond acceptors (Lipinski definition) is 4. The Hall–Kier alpha value is -1.73. The van der Waals surface area contributed by atoms with E-state index in [1.165, 1.54) is 28.6 Å². The molecular weight excluding hydrogens is 369 g/mol. The fourth-order valence-corrected chi connectivity index (χ4v) is 3.03. The maximum atomic E-state index is 13.8. The molecule has 1 aromatic carbocycles. The molecule has 7 heteroatoms. The van der Waals surface area contributed by atoms with Gasteiger partial charge in [-0.05, 0) is 28.3 Å². The Kier molecular flexibility index (Phi) is 4.26. The Balaban J connectivity index is 2.14. The van der Waals surface area contributed by atoms with Crippen LogP contribution >= 0.6 is 27.7 Å². The third kappa shape index (κ3) is 2.78. The van der Waals surface area contributed by atoms with Crippen LogP contribution in [-0.4, -0.2) is 20.8 Å². The van der Waals surface area contributed by atoms with Gasteiger partial charge in [-0.15, -0.1) is 0 Å². The number of fused-ring (bicyclic) bond motifs is 1. The number of aromatic nitrogens is 3. The molecule has 0 fully saturated rings. The van der Waals surface area contributed by atoms with E-state index in [0.29, 0.717) is 26.1 Å². The highest BCUT2D eigenvalue weighted by molar-refractivity contribution is 9.10. The molecule has 0 amide bonds. The van der Waals surface area contributed by atoms with E-state index in [1.54, 1.807) is 24.4 Å². The van der Waals surface area contributed by atoms with Gasteiger partial charge in [0.1, 0.15) is 5.82 Å². The van der Waals surface area contributed by atoms with E-state index in [4.69, 9.17) is 0 Å². The van der Waals surface area contributed by atoms with Gasteiger partial charge in [0.2, 0.25) is 0 Å². The van der Waals surface area contributed by atoms with Gasteiger partial charge in [0.25, 0.3) is 5.56 Å². The number of hydrogen-bond donors (Lipinski definition) is 0. The average Bonchev–Trinajstić information content (AvgIpc) is 2.54. The monoisotopic (exact) mass is 379 g/mol. The number of benzene rings is 1. The first-order valence-corrected chi connectivity index (χ1v) is 8.45. The summed E-state index contributed by atoms with van der Waals surface area (Å²) >= 11 is 4.83. The Bertz CT molecular complexity index is 913. The third-order valence-electron chi connectivity index (χ3n) is 3.23. The highest BCUT2D eigenvalue weighted by Gasteiger charge is 2.11. The summed E-state index contributed by atoms with van der Waals surface area (Å²) in [6.45, 7) is 0.157. The molecule has 3 rings (SSSR count). The lowest BCUT2D eigenvalue weighted by molar-refractivity contribution is 0.596. The smallest absolute Gasteiger partial charge is 0.261 e. The largest absolute Gasteiger partial charge is 0.309 e. The van der Waals surface area contributed by atoms with Crippen LogP contribution in [0, 0.1) is 5.82 Å². The van der Waals surface area contributed by atoms with Crippen molar-refractivity contribution in [2.75, 3.05) is 6.26 Å². The van der Waals surface area contributed by atoms with Crippen LogP contribution < -0.4 is 5.56 Å². The lowest BCUT2D eigenvalue weighted by atomic mass is 10.2. The quantitative estimate of drug-likeness (QED) is 0.516. The van der Waals surface area contributed by atoms with Crippen LogP contribution in [0.25, 0.3) is 10.9 Å². The van der Waals surface area contributed by atoms with Gasteiger partial charge in [-0.25, -0.2) is 14.4 Å².